The van der Waals surface area contributed by atoms with Crippen molar-refractivity contribution in [2.75, 3.05) is 57.3 Å². The Kier molecular flexibility index (Phi) is 5.85. The van der Waals surface area contributed by atoms with Crippen LogP contribution in [0, 0.1) is 0 Å². The van der Waals surface area contributed by atoms with Gasteiger partial charge in [-0.25, -0.2) is 0 Å². The standard InChI is InChI=1S/C18H25N5O3/c19-11-16(24)20-12-17(25)22-9-7-21(8-10-22)13-18(26)23-6-5-14-3-1-2-4-15(14)23/h1-4H,5-13,19H2,(H,20,24). The molecule has 26 heavy (non-hydrogen) atoms. The van der Waals surface area contributed by atoms with Crippen molar-refractivity contribution in [2.45, 2.75) is 6.42 Å². The quantitative estimate of drug-likeness (QED) is 0.688. The van der Waals surface area contributed by atoms with Gasteiger partial charge in [-0.2, -0.15) is 0 Å². The molecule has 0 atom stereocenters. The largest absolute Gasteiger partial charge is 0.346 e. The van der Waals surface area contributed by atoms with Crippen molar-refractivity contribution in [3.8, 4) is 0 Å². The van der Waals surface area contributed by atoms with Crippen LogP contribution in [0.15, 0.2) is 24.3 Å². The molecule has 1 aromatic carbocycles. The third kappa shape index (κ3) is 4.20. The monoisotopic (exact) mass is 359 g/mol. The van der Waals surface area contributed by atoms with E-state index in [1.165, 1.54) is 5.56 Å². The smallest absolute Gasteiger partial charge is 0.242 e. The van der Waals surface area contributed by atoms with Crippen LogP contribution in [-0.2, 0) is 20.8 Å². The van der Waals surface area contributed by atoms with Gasteiger partial charge in [-0.1, -0.05) is 18.2 Å². The number of fused-ring (bicyclic) bond motifs is 1. The van der Waals surface area contributed by atoms with Crippen LogP contribution in [0.2, 0.25) is 0 Å². The molecule has 0 spiro atoms. The van der Waals surface area contributed by atoms with Gasteiger partial charge in [0.1, 0.15) is 0 Å². The number of rotatable bonds is 5. The predicted molar refractivity (Wildman–Crippen MR) is 97.6 cm³/mol. The third-order valence-corrected chi connectivity index (χ3v) is 4.89. The van der Waals surface area contributed by atoms with Gasteiger partial charge in [0.05, 0.1) is 19.6 Å². The van der Waals surface area contributed by atoms with Crippen molar-refractivity contribution in [3.63, 3.8) is 0 Å². The Hall–Kier alpha value is -2.45. The number of carbonyl (C=O) groups is 3. The summed E-state index contributed by atoms with van der Waals surface area (Å²) < 4.78 is 0. The van der Waals surface area contributed by atoms with Gasteiger partial charge in [-0.3, -0.25) is 19.3 Å². The molecule has 0 radical (unpaired) electrons. The Morgan fingerprint density at radius 1 is 1.00 bits per heavy atom. The van der Waals surface area contributed by atoms with Crippen LogP contribution in [0.1, 0.15) is 5.56 Å². The second-order valence-corrected chi connectivity index (χ2v) is 6.56. The second-order valence-electron chi connectivity index (χ2n) is 6.56. The minimum absolute atomic E-state index is 0.0282. The molecule has 1 aromatic rings. The predicted octanol–water partition coefficient (Wildman–Crippen LogP) is -1.21. The Labute approximate surface area is 152 Å². The van der Waals surface area contributed by atoms with E-state index in [9.17, 15) is 14.4 Å². The lowest BCUT2D eigenvalue weighted by Gasteiger charge is -2.35. The van der Waals surface area contributed by atoms with Crippen molar-refractivity contribution in [3.05, 3.63) is 29.8 Å². The fraction of sp³-hybridized carbons (Fsp3) is 0.500. The fourth-order valence-corrected chi connectivity index (χ4v) is 3.39. The van der Waals surface area contributed by atoms with Crippen molar-refractivity contribution in [1.29, 1.82) is 0 Å². The van der Waals surface area contributed by atoms with E-state index in [0.29, 0.717) is 32.7 Å². The second kappa shape index (κ2) is 8.29. The van der Waals surface area contributed by atoms with Crippen LogP contribution in [0.5, 0.6) is 0 Å². The first kappa shape index (κ1) is 18.3. The fourth-order valence-electron chi connectivity index (χ4n) is 3.39. The molecular formula is C18H25N5O3. The molecule has 8 heteroatoms. The summed E-state index contributed by atoms with van der Waals surface area (Å²) in [5.41, 5.74) is 7.44. The van der Waals surface area contributed by atoms with Gasteiger partial charge in [0.2, 0.25) is 17.7 Å². The zero-order valence-electron chi connectivity index (χ0n) is 14.8. The molecule has 3 amide bonds. The van der Waals surface area contributed by atoms with Crippen molar-refractivity contribution in [2.24, 2.45) is 5.73 Å². The zero-order valence-corrected chi connectivity index (χ0v) is 14.8. The van der Waals surface area contributed by atoms with E-state index in [1.54, 1.807) is 4.90 Å². The molecule has 8 nitrogen and oxygen atoms in total. The van der Waals surface area contributed by atoms with E-state index < -0.39 is 0 Å². The lowest BCUT2D eigenvalue weighted by molar-refractivity contribution is -0.134. The lowest BCUT2D eigenvalue weighted by atomic mass is 10.2. The van der Waals surface area contributed by atoms with E-state index in [4.69, 9.17) is 5.73 Å². The number of hydrogen-bond donors (Lipinski definition) is 2. The van der Waals surface area contributed by atoms with E-state index in [2.05, 4.69) is 16.3 Å². The Morgan fingerprint density at radius 3 is 2.46 bits per heavy atom. The molecule has 3 rings (SSSR count). The molecule has 2 heterocycles. The summed E-state index contributed by atoms with van der Waals surface area (Å²) in [4.78, 5) is 41.5. The number of anilines is 1. The van der Waals surface area contributed by atoms with Crippen LogP contribution in [0.3, 0.4) is 0 Å². The first-order valence-corrected chi connectivity index (χ1v) is 8.93. The maximum atomic E-state index is 12.6. The molecule has 2 aliphatic heterocycles. The van der Waals surface area contributed by atoms with E-state index in [-0.39, 0.29) is 30.8 Å². The van der Waals surface area contributed by atoms with Gasteiger partial charge < -0.3 is 20.9 Å². The number of carbonyl (C=O) groups excluding carboxylic acids is 3. The highest BCUT2D eigenvalue weighted by Gasteiger charge is 2.27. The summed E-state index contributed by atoms with van der Waals surface area (Å²) in [6.07, 6.45) is 0.902. The van der Waals surface area contributed by atoms with Gasteiger partial charge in [0.15, 0.2) is 0 Å². The number of hydrogen-bond acceptors (Lipinski definition) is 5. The summed E-state index contributed by atoms with van der Waals surface area (Å²) in [7, 11) is 0. The average molecular weight is 359 g/mol. The molecule has 1 fully saturated rings. The maximum absolute atomic E-state index is 12.6. The summed E-state index contributed by atoms with van der Waals surface area (Å²) in [5.74, 6) is -0.357. The van der Waals surface area contributed by atoms with Crippen LogP contribution in [0.4, 0.5) is 5.69 Å². The number of nitrogens with two attached hydrogens (primary N) is 1. The normalized spacial score (nSPS) is 17.1. The van der Waals surface area contributed by atoms with E-state index in [1.807, 2.05) is 23.1 Å². The van der Waals surface area contributed by atoms with Crippen LogP contribution in [-0.4, -0.2) is 79.9 Å². The summed E-state index contributed by atoms with van der Waals surface area (Å²) in [6.45, 7) is 3.36. The molecule has 140 valence electrons. The van der Waals surface area contributed by atoms with Gasteiger partial charge in [0, 0.05) is 38.4 Å². The highest BCUT2D eigenvalue weighted by molar-refractivity contribution is 5.96. The summed E-state index contributed by atoms with van der Waals surface area (Å²) >= 11 is 0. The van der Waals surface area contributed by atoms with E-state index >= 15 is 0 Å². The number of para-hydroxylation sites is 1. The highest BCUT2D eigenvalue weighted by Crippen LogP contribution is 2.27. The van der Waals surface area contributed by atoms with Crippen molar-refractivity contribution >= 4 is 23.4 Å². The highest BCUT2D eigenvalue weighted by atomic mass is 16.2. The molecule has 1 saturated heterocycles. The van der Waals surface area contributed by atoms with Gasteiger partial charge in [-0.15, -0.1) is 0 Å². The lowest BCUT2D eigenvalue weighted by Crippen LogP contribution is -2.53. The summed E-state index contributed by atoms with van der Waals surface area (Å²) in [5, 5.41) is 2.49. The number of benzene rings is 1. The minimum atomic E-state index is -0.339. The zero-order chi connectivity index (χ0) is 18.5. The van der Waals surface area contributed by atoms with Crippen molar-refractivity contribution < 1.29 is 14.4 Å². The first-order chi connectivity index (χ1) is 12.6. The van der Waals surface area contributed by atoms with Crippen LogP contribution < -0.4 is 16.0 Å². The SMILES string of the molecule is NCC(=O)NCC(=O)N1CCN(CC(=O)N2CCc3ccccc32)CC1. The molecular weight excluding hydrogens is 334 g/mol. The molecule has 2 aliphatic rings. The Bertz CT molecular complexity index is 685. The minimum Gasteiger partial charge on any atom is -0.346 e. The van der Waals surface area contributed by atoms with Gasteiger partial charge in [0.25, 0.3) is 0 Å². The maximum Gasteiger partial charge on any atom is 0.242 e. The number of piperazine rings is 1. The Morgan fingerprint density at radius 2 is 1.73 bits per heavy atom. The molecule has 0 bridgehead atoms. The molecule has 0 aromatic heterocycles. The molecule has 0 unspecified atom stereocenters. The number of amides is 3. The Balaban J connectivity index is 1.45. The summed E-state index contributed by atoms with van der Waals surface area (Å²) in [6, 6.07) is 8.01. The topological polar surface area (TPSA) is 99.0 Å². The van der Waals surface area contributed by atoms with Gasteiger partial charge >= 0.3 is 0 Å². The first-order valence-electron chi connectivity index (χ1n) is 8.93. The third-order valence-electron chi connectivity index (χ3n) is 4.89. The number of nitrogens with one attached hydrogen (secondary N) is 1. The number of nitrogens with zero attached hydrogens (tertiary/aromatic N) is 3. The van der Waals surface area contributed by atoms with Gasteiger partial charge in [-0.05, 0) is 18.1 Å². The molecule has 3 N–H and O–H groups in total. The molecule has 0 aliphatic carbocycles. The average Bonchev–Trinajstić information content (AvgIpc) is 3.10. The van der Waals surface area contributed by atoms with Crippen LogP contribution >= 0.6 is 0 Å². The molecule has 0 saturated carbocycles. The van der Waals surface area contributed by atoms with E-state index in [0.717, 1.165) is 18.7 Å². The van der Waals surface area contributed by atoms with Crippen molar-refractivity contribution in [1.82, 2.24) is 15.1 Å². The van der Waals surface area contributed by atoms with Crippen LogP contribution in [0.25, 0.3) is 0 Å².